The van der Waals surface area contributed by atoms with Crippen molar-refractivity contribution in [2.24, 2.45) is 0 Å². The lowest BCUT2D eigenvalue weighted by atomic mass is 10.3. The predicted molar refractivity (Wildman–Crippen MR) is 63.3 cm³/mol. The Morgan fingerprint density at radius 1 is 1.33 bits per heavy atom. The Morgan fingerprint density at radius 3 is 2.60 bits per heavy atom. The molecule has 0 bridgehead atoms. The predicted octanol–water partition coefficient (Wildman–Crippen LogP) is 4.04. The second kappa shape index (κ2) is 6.11. The molecular weight excluding hydrogens is 258 g/mol. The zero-order valence-electron chi connectivity index (χ0n) is 7.91. The highest BCUT2D eigenvalue weighted by atomic mass is 35.5. The molecule has 0 heterocycles. The summed E-state index contributed by atoms with van der Waals surface area (Å²) in [5, 5.41) is 0.483. The molecule has 0 fully saturated rings. The van der Waals surface area contributed by atoms with Crippen LogP contribution in [0.25, 0.3) is 0 Å². The minimum absolute atomic E-state index is 0.483. The van der Waals surface area contributed by atoms with E-state index < -0.39 is 4.84 Å². The van der Waals surface area contributed by atoms with Crippen LogP contribution < -0.4 is 9.47 Å². The molecule has 0 aromatic heterocycles. The van der Waals surface area contributed by atoms with Crippen molar-refractivity contribution in [3.8, 4) is 11.5 Å². The summed E-state index contributed by atoms with van der Waals surface area (Å²) in [6.45, 7) is 0. The Bertz CT molecular complexity index is 351. The standard InChI is InChI=1S/C10H9Cl3O2/c1-14-9-3-2-7(6-8(9)11)15-5-4-10(12)13/h2-6,10H,1H3. The van der Waals surface area contributed by atoms with Crippen molar-refractivity contribution in [2.45, 2.75) is 4.84 Å². The molecule has 2 nitrogen and oxygen atoms in total. The van der Waals surface area contributed by atoms with Gasteiger partial charge in [0.15, 0.2) is 0 Å². The Balaban J connectivity index is 2.67. The van der Waals surface area contributed by atoms with Gasteiger partial charge < -0.3 is 9.47 Å². The zero-order valence-corrected chi connectivity index (χ0v) is 10.2. The highest BCUT2D eigenvalue weighted by Gasteiger charge is 2.01. The van der Waals surface area contributed by atoms with E-state index in [9.17, 15) is 0 Å². The monoisotopic (exact) mass is 266 g/mol. The van der Waals surface area contributed by atoms with Gasteiger partial charge in [0.2, 0.25) is 0 Å². The molecule has 0 radical (unpaired) electrons. The van der Waals surface area contributed by atoms with E-state index in [4.69, 9.17) is 44.3 Å². The molecule has 0 saturated heterocycles. The van der Waals surface area contributed by atoms with Crippen LogP contribution >= 0.6 is 34.8 Å². The quantitative estimate of drug-likeness (QED) is 0.605. The van der Waals surface area contributed by atoms with Crippen LogP contribution in [0, 0.1) is 0 Å². The first kappa shape index (κ1) is 12.5. The molecule has 0 spiro atoms. The molecule has 5 heteroatoms. The SMILES string of the molecule is COc1ccc(OC=CC(Cl)Cl)cc1Cl. The molecule has 0 N–H and O–H groups in total. The maximum atomic E-state index is 5.89. The van der Waals surface area contributed by atoms with E-state index in [-0.39, 0.29) is 0 Å². The number of methoxy groups -OCH3 is 1. The van der Waals surface area contributed by atoms with E-state index in [0.29, 0.717) is 16.5 Å². The van der Waals surface area contributed by atoms with Gasteiger partial charge in [-0.15, -0.1) is 23.2 Å². The highest BCUT2D eigenvalue weighted by molar-refractivity contribution is 6.45. The van der Waals surface area contributed by atoms with Crippen LogP contribution in [0.5, 0.6) is 11.5 Å². The molecule has 1 rings (SSSR count). The molecule has 1 aromatic carbocycles. The lowest BCUT2D eigenvalue weighted by Gasteiger charge is -2.05. The zero-order chi connectivity index (χ0) is 11.3. The summed E-state index contributed by atoms with van der Waals surface area (Å²) in [5.41, 5.74) is 0. The number of hydrogen-bond acceptors (Lipinski definition) is 2. The van der Waals surface area contributed by atoms with Gasteiger partial charge >= 0.3 is 0 Å². The van der Waals surface area contributed by atoms with Gasteiger partial charge in [-0.05, 0) is 18.2 Å². The van der Waals surface area contributed by atoms with Crippen molar-refractivity contribution in [3.63, 3.8) is 0 Å². The number of halogens is 3. The first-order valence-corrected chi connectivity index (χ1v) is 5.33. The molecule has 0 aliphatic rings. The van der Waals surface area contributed by atoms with Crippen LogP contribution in [0.1, 0.15) is 0 Å². The topological polar surface area (TPSA) is 18.5 Å². The third-order valence-electron chi connectivity index (χ3n) is 1.55. The van der Waals surface area contributed by atoms with Gasteiger partial charge in [0, 0.05) is 6.07 Å². The van der Waals surface area contributed by atoms with Gasteiger partial charge in [-0.25, -0.2) is 0 Å². The van der Waals surface area contributed by atoms with Gasteiger partial charge in [-0.3, -0.25) is 0 Å². The van der Waals surface area contributed by atoms with E-state index >= 15 is 0 Å². The maximum absolute atomic E-state index is 5.89. The molecule has 0 aliphatic carbocycles. The van der Waals surface area contributed by atoms with Gasteiger partial charge in [-0.2, -0.15) is 0 Å². The molecule has 0 aliphatic heterocycles. The molecule has 1 aromatic rings. The van der Waals surface area contributed by atoms with Crippen molar-refractivity contribution in [3.05, 3.63) is 35.6 Å². The van der Waals surface area contributed by atoms with Crippen molar-refractivity contribution in [2.75, 3.05) is 7.11 Å². The van der Waals surface area contributed by atoms with E-state index in [2.05, 4.69) is 0 Å². The first-order valence-electron chi connectivity index (χ1n) is 4.08. The smallest absolute Gasteiger partial charge is 0.137 e. The fourth-order valence-electron chi connectivity index (χ4n) is 0.898. The van der Waals surface area contributed by atoms with Crippen molar-refractivity contribution in [1.82, 2.24) is 0 Å². The van der Waals surface area contributed by atoms with Crippen molar-refractivity contribution >= 4 is 34.8 Å². The summed E-state index contributed by atoms with van der Waals surface area (Å²) < 4.78 is 10.2. The van der Waals surface area contributed by atoms with Crippen LogP contribution in [-0.2, 0) is 0 Å². The number of alkyl halides is 2. The lowest BCUT2D eigenvalue weighted by Crippen LogP contribution is -1.87. The number of ether oxygens (including phenoxy) is 2. The second-order valence-electron chi connectivity index (χ2n) is 2.58. The molecule has 0 atom stereocenters. The van der Waals surface area contributed by atoms with E-state index in [1.54, 1.807) is 25.3 Å². The normalized spacial score (nSPS) is 11.0. The number of rotatable bonds is 4. The fourth-order valence-corrected chi connectivity index (χ4v) is 1.26. The van der Waals surface area contributed by atoms with Crippen molar-refractivity contribution in [1.29, 1.82) is 0 Å². The van der Waals surface area contributed by atoms with Crippen LogP contribution in [0.15, 0.2) is 30.5 Å². The first-order chi connectivity index (χ1) is 7.13. The van der Waals surface area contributed by atoms with E-state index in [0.717, 1.165) is 0 Å². The third kappa shape index (κ3) is 4.20. The molecular formula is C10H9Cl3O2. The largest absolute Gasteiger partial charge is 0.495 e. The van der Waals surface area contributed by atoms with Gasteiger partial charge in [-0.1, -0.05) is 11.6 Å². The molecule has 0 amide bonds. The summed E-state index contributed by atoms with van der Waals surface area (Å²) in [7, 11) is 1.55. The number of allylic oxidation sites excluding steroid dienone is 1. The molecule has 82 valence electrons. The average molecular weight is 268 g/mol. The lowest BCUT2D eigenvalue weighted by molar-refractivity contribution is 0.413. The summed E-state index contributed by atoms with van der Waals surface area (Å²) in [4.78, 5) is -0.585. The van der Waals surface area contributed by atoms with Crippen LogP contribution in [0.3, 0.4) is 0 Å². The Morgan fingerprint density at radius 2 is 2.07 bits per heavy atom. The van der Waals surface area contributed by atoms with Gasteiger partial charge in [0.25, 0.3) is 0 Å². The van der Waals surface area contributed by atoms with Gasteiger partial charge in [0.1, 0.15) is 16.3 Å². The fraction of sp³-hybridized carbons (Fsp3) is 0.200. The van der Waals surface area contributed by atoms with Crippen LogP contribution in [-0.4, -0.2) is 11.9 Å². The van der Waals surface area contributed by atoms with Crippen LogP contribution in [0.2, 0.25) is 5.02 Å². The third-order valence-corrected chi connectivity index (χ3v) is 2.14. The minimum atomic E-state index is -0.585. The van der Waals surface area contributed by atoms with E-state index in [1.165, 1.54) is 12.3 Å². The Hall–Kier alpha value is -0.570. The molecule has 0 unspecified atom stereocenters. The molecule has 15 heavy (non-hydrogen) atoms. The summed E-state index contributed by atoms with van der Waals surface area (Å²) in [6.07, 6.45) is 2.91. The summed E-state index contributed by atoms with van der Waals surface area (Å²) >= 11 is 16.8. The van der Waals surface area contributed by atoms with Crippen molar-refractivity contribution < 1.29 is 9.47 Å². The summed E-state index contributed by atoms with van der Waals surface area (Å²) in [6, 6.07) is 5.08. The van der Waals surface area contributed by atoms with E-state index in [1.807, 2.05) is 0 Å². The highest BCUT2D eigenvalue weighted by Crippen LogP contribution is 2.28. The van der Waals surface area contributed by atoms with Gasteiger partial charge in [0.05, 0.1) is 18.4 Å². The number of hydrogen-bond donors (Lipinski definition) is 0. The summed E-state index contributed by atoms with van der Waals surface area (Å²) in [5.74, 6) is 1.19. The minimum Gasteiger partial charge on any atom is -0.495 e. The second-order valence-corrected chi connectivity index (χ2v) is 4.15. The Labute approximate surface area is 103 Å². The Kier molecular flexibility index (Phi) is 5.09. The van der Waals surface area contributed by atoms with Crippen LogP contribution in [0.4, 0.5) is 0 Å². The molecule has 0 saturated carbocycles. The number of benzene rings is 1. The average Bonchev–Trinajstić information content (AvgIpc) is 2.17. The maximum Gasteiger partial charge on any atom is 0.137 e.